The maximum absolute atomic E-state index is 12.4. The quantitative estimate of drug-likeness (QED) is 0.622. The van der Waals surface area contributed by atoms with Crippen molar-refractivity contribution in [2.45, 2.75) is 20.8 Å². The molecule has 0 fully saturated rings. The molecule has 2 rings (SSSR count). The molecule has 2 aromatic rings. The van der Waals surface area contributed by atoms with Gasteiger partial charge in [-0.1, -0.05) is 6.07 Å². The zero-order valence-corrected chi connectivity index (χ0v) is 12.8. The molecule has 1 aromatic heterocycles. The van der Waals surface area contributed by atoms with Gasteiger partial charge in [-0.05, 0) is 42.8 Å². The first-order valence-electron chi connectivity index (χ1n) is 5.84. The highest BCUT2D eigenvalue weighted by atomic mass is 79.9. The molecule has 0 spiro atoms. The van der Waals surface area contributed by atoms with Gasteiger partial charge in [0.25, 0.3) is 11.6 Å². The lowest BCUT2D eigenvalue weighted by Crippen LogP contribution is -2.15. The molecule has 0 amide bonds. The third-order valence-electron chi connectivity index (χ3n) is 3.05. The van der Waals surface area contributed by atoms with Crippen LogP contribution in [0.4, 0.5) is 5.69 Å². The van der Waals surface area contributed by atoms with E-state index in [1.807, 2.05) is 0 Å². The summed E-state index contributed by atoms with van der Waals surface area (Å²) >= 11 is 3.35. The number of rotatable bonds is 2. The van der Waals surface area contributed by atoms with Gasteiger partial charge in [-0.15, -0.1) is 0 Å². The summed E-state index contributed by atoms with van der Waals surface area (Å²) in [6.07, 6.45) is 0. The van der Waals surface area contributed by atoms with Crippen molar-refractivity contribution in [2.24, 2.45) is 0 Å². The Kier molecular flexibility index (Phi) is 3.71. The molecule has 0 saturated carbocycles. The van der Waals surface area contributed by atoms with E-state index < -0.39 is 4.92 Å². The van der Waals surface area contributed by atoms with Crippen LogP contribution < -0.4 is 0 Å². The van der Waals surface area contributed by atoms with Crippen LogP contribution in [-0.2, 0) is 0 Å². The fourth-order valence-electron chi connectivity index (χ4n) is 1.88. The number of hydrogen-bond acceptors (Lipinski definition) is 4. The van der Waals surface area contributed by atoms with E-state index in [1.54, 1.807) is 32.9 Å². The minimum atomic E-state index is -0.497. The number of carbonyl (C=O) groups is 1. The summed E-state index contributed by atoms with van der Waals surface area (Å²) in [5.41, 5.74) is 2.03. The molecule has 0 aliphatic rings. The van der Waals surface area contributed by atoms with Gasteiger partial charge in [0.15, 0.2) is 0 Å². The highest BCUT2D eigenvalue weighted by Crippen LogP contribution is 2.23. The SMILES string of the molecule is Cc1ccc(C(=O)n2nc(C)c(Br)c2C)cc1[N+](=O)[O-]. The molecule has 0 atom stereocenters. The number of carbonyl (C=O) groups excluding carboxylic acids is 1. The highest BCUT2D eigenvalue weighted by Gasteiger charge is 2.19. The van der Waals surface area contributed by atoms with Gasteiger partial charge in [-0.25, -0.2) is 0 Å². The van der Waals surface area contributed by atoms with E-state index in [0.29, 0.717) is 17.0 Å². The Hall–Kier alpha value is -2.02. The number of nitrogens with zero attached hydrogens (tertiary/aromatic N) is 3. The average molecular weight is 338 g/mol. The van der Waals surface area contributed by atoms with Gasteiger partial charge in [-0.3, -0.25) is 14.9 Å². The second-order valence-electron chi connectivity index (χ2n) is 4.46. The fraction of sp³-hybridized carbons (Fsp3) is 0.231. The maximum atomic E-state index is 12.4. The first-order chi connectivity index (χ1) is 9.32. The monoisotopic (exact) mass is 337 g/mol. The van der Waals surface area contributed by atoms with Crippen LogP contribution in [0.25, 0.3) is 0 Å². The lowest BCUT2D eigenvalue weighted by molar-refractivity contribution is -0.385. The summed E-state index contributed by atoms with van der Waals surface area (Å²) in [5, 5.41) is 15.1. The molecule has 0 aliphatic carbocycles. The van der Waals surface area contributed by atoms with Gasteiger partial charge in [0.2, 0.25) is 0 Å². The zero-order valence-electron chi connectivity index (χ0n) is 11.2. The second-order valence-corrected chi connectivity index (χ2v) is 5.25. The number of hydrogen-bond donors (Lipinski definition) is 0. The molecule has 1 aromatic carbocycles. The lowest BCUT2D eigenvalue weighted by Gasteiger charge is -2.04. The molecule has 7 heteroatoms. The van der Waals surface area contributed by atoms with Gasteiger partial charge in [0.1, 0.15) is 0 Å². The number of halogens is 1. The predicted octanol–water partition coefficient (Wildman–Crippen LogP) is 3.17. The Morgan fingerprint density at radius 3 is 2.50 bits per heavy atom. The average Bonchev–Trinajstić information content (AvgIpc) is 2.66. The third kappa shape index (κ3) is 2.36. The van der Waals surface area contributed by atoms with Crippen LogP contribution in [0.1, 0.15) is 27.3 Å². The minimum Gasteiger partial charge on any atom is -0.267 e. The molecule has 0 radical (unpaired) electrons. The van der Waals surface area contributed by atoms with Crippen LogP contribution in [-0.4, -0.2) is 20.6 Å². The predicted molar refractivity (Wildman–Crippen MR) is 77.0 cm³/mol. The number of nitro groups is 1. The van der Waals surface area contributed by atoms with Crippen LogP contribution >= 0.6 is 15.9 Å². The first-order valence-corrected chi connectivity index (χ1v) is 6.63. The van der Waals surface area contributed by atoms with E-state index in [0.717, 1.165) is 4.47 Å². The van der Waals surface area contributed by atoms with Crippen molar-refractivity contribution in [3.05, 3.63) is 55.3 Å². The van der Waals surface area contributed by atoms with Crippen molar-refractivity contribution in [1.29, 1.82) is 0 Å². The molecule has 0 N–H and O–H groups in total. The molecule has 104 valence electrons. The summed E-state index contributed by atoms with van der Waals surface area (Å²) in [7, 11) is 0. The summed E-state index contributed by atoms with van der Waals surface area (Å²) in [6, 6.07) is 4.41. The number of nitro benzene ring substituents is 1. The van der Waals surface area contributed by atoms with E-state index in [9.17, 15) is 14.9 Å². The molecule has 0 unspecified atom stereocenters. The Labute approximate surface area is 123 Å². The molecular formula is C13H12BrN3O3. The maximum Gasteiger partial charge on any atom is 0.278 e. The van der Waals surface area contributed by atoms with E-state index >= 15 is 0 Å². The first kappa shape index (κ1) is 14.4. The second kappa shape index (κ2) is 5.16. The Bertz CT molecular complexity index is 722. The van der Waals surface area contributed by atoms with Crippen LogP contribution in [0.3, 0.4) is 0 Å². The standard InChI is InChI=1S/C13H12BrN3O3/c1-7-4-5-10(6-11(7)17(19)20)13(18)16-9(3)12(14)8(2)15-16/h4-6H,1-3H3. The van der Waals surface area contributed by atoms with Crippen LogP contribution in [0.15, 0.2) is 22.7 Å². The highest BCUT2D eigenvalue weighted by molar-refractivity contribution is 9.10. The van der Waals surface area contributed by atoms with E-state index in [1.165, 1.54) is 10.7 Å². The van der Waals surface area contributed by atoms with Gasteiger partial charge in [0, 0.05) is 17.2 Å². The van der Waals surface area contributed by atoms with E-state index in [4.69, 9.17) is 0 Å². The van der Waals surface area contributed by atoms with Crippen molar-refractivity contribution in [1.82, 2.24) is 9.78 Å². The molecule has 0 saturated heterocycles. The Balaban J connectivity index is 2.51. The Morgan fingerprint density at radius 1 is 1.35 bits per heavy atom. The van der Waals surface area contributed by atoms with Crippen LogP contribution in [0, 0.1) is 30.9 Å². The van der Waals surface area contributed by atoms with Crippen LogP contribution in [0.2, 0.25) is 0 Å². The lowest BCUT2D eigenvalue weighted by atomic mass is 10.1. The van der Waals surface area contributed by atoms with Crippen molar-refractivity contribution in [2.75, 3.05) is 0 Å². The molecular weight excluding hydrogens is 326 g/mol. The minimum absolute atomic E-state index is 0.0727. The molecule has 0 aliphatic heterocycles. The van der Waals surface area contributed by atoms with Crippen molar-refractivity contribution < 1.29 is 9.72 Å². The molecule has 1 heterocycles. The number of aromatic nitrogens is 2. The summed E-state index contributed by atoms with van der Waals surface area (Å²) in [6.45, 7) is 5.16. The van der Waals surface area contributed by atoms with Gasteiger partial charge < -0.3 is 0 Å². The molecule has 6 nitrogen and oxygen atoms in total. The van der Waals surface area contributed by atoms with Crippen LogP contribution in [0.5, 0.6) is 0 Å². The van der Waals surface area contributed by atoms with Crippen molar-refractivity contribution in [3.63, 3.8) is 0 Å². The van der Waals surface area contributed by atoms with Crippen molar-refractivity contribution >= 4 is 27.5 Å². The van der Waals surface area contributed by atoms with E-state index in [2.05, 4.69) is 21.0 Å². The molecule has 0 bridgehead atoms. The largest absolute Gasteiger partial charge is 0.278 e. The smallest absolute Gasteiger partial charge is 0.267 e. The fourth-order valence-corrected chi connectivity index (χ4v) is 2.13. The zero-order chi connectivity index (χ0) is 15.0. The Morgan fingerprint density at radius 2 is 2.00 bits per heavy atom. The van der Waals surface area contributed by atoms with Gasteiger partial charge in [0.05, 0.1) is 20.8 Å². The van der Waals surface area contributed by atoms with Gasteiger partial charge >= 0.3 is 0 Å². The molecule has 20 heavy (non-hydrogen) atoms. The topological polar surface area (TPSA) is 78.0 Å². The summed E-state index contributed by atoms with van der Waals surface area (Å²) < 4.78 is 2.00. The number of aryl methyl sites for hydroxylation is 2. The number of benzene rings is 1. The van der Waals surface area contributed by atoms with Crippen molar-refractivity contribution in [3.8, 4) is 0 Å². The normalized spacial score (nSPS) is 10.6. The summed E-state index contributed by atoms with van der Waals surface area (Å²) in [4.78, 5) is 22.8. The van der Waals surface area contributed by atoms with Gasteiger partial charge in [-0.2, -0.15) is 9.78 Å². The third-order valence-corrected chi connectivity index (χ3v) is 4.20. The summed E-state index contributed by atoms with van der Waals surface area (Å²) in [5.74, 6) is -0.389. The van der Waals surface area contributed by atoms with E-state index in [-0.39, 0.29) is 17.2 Å².